The van der Waals surface area contributed by atoms with E-state index in [1.165, 1.54) is 23.0 Å². The maximum atomic E-state index is 13.8. The Balaban J connectivity index is 1.30. The highest BCUT2D eigenvalue weighted by atomic mass is 32.2. The third-order valence-corrected chi connectivity index (χ3v) is 5.75. The number of imide groups is 1. The van der Waals surface area contributed by atoms with Gasteiger partial charge in [-0.05, 0) is 41.6 Å². The molecule has 1 fully saturated rings. The molecule has 168 valence electrons. The van der Waals surface area contributed by atoms with Gasteiger partial charge in [0.15, 0.2) is 0 Å². The zero-order valence-electron chi connectivity index (χ0n) is 17.6. The van der Waals surface area contributed by atoms with Crippen LogP contribution in [0.4, 0.5) is 9.18 Å². The summed E-state index contributed by atoms with van der Waals surface area (Å²) < 4.78 is 13.8. The molecule has 11 heteroatoms. The lowest BCUT2D eigenvalue weighted by Crippen LogP contribution is -2.38. The van der Waals surface area contributed by atoms with Gasteiger partial charge in [-0.3, -0.25) is 19.3 Å². The molecule has 3 amide bonds. The van der Waals surface area contributed by atoms with E-state index in [0.29, 0.717) is 5.82 Å². The van der Waals surface area contributed by atoms with Gasteiger partial charge in [0.05, 0.1) is 4.91 Å². The van der Waals surface area contributed by atoms with E-state index >= 15 is 0 Å². The van der Waals surface area contributed by atoms with E-state index in [1.54, 1.807) is 12.1 Å². The molecule has 0 spiro atoms. The molecule has 9 nitrogen and oxygen atoms in total. The van der Waals surface area contributed by atoms with E-state index in [1.807, 2.05) is 31.2 Å². The van der Waals surface area contributed by atoms with Crippen LogP contribution in [0.25, 0.3) is 17.5 Å². The van der Waals surface area contributed by atoms with E-state index in [9.17, 15) is 18.8 Å². The van der Waals surface area contributed by atoms with Gasteiger partial charge >= 0.3 is 0 Å². The van der Waals surface area contributed by atoms with Gasteiger partial charge in [-0.1, -0.05) is 42.5 Å². The van der Waals surface area contributed by atoms with E-state index < -0.39 is 22.9 Å². The first kappa shape index (κ1) is 22.3. The summed E-state index contributed by atoms with van der Waals surface area (Å²) in [4.78, 5) is 39.2. The predicted octanol–water partition coefficient (Wildman–Crippen LogP) is 2.64. The molecular formula is C22H19FN6O3S. The average Bonchev–Trinajstić information content (AvgIpc) is 3.35. The van der Waals surface area contributed by atoms with Crippen LogP contribution in [0, 0.1) is 12.7 Å². The molecule has 0 aliphatic carbocycles. The summed E-state index contributed by atoms with van der Waals surface area (Å²) in [7, 11) is 0. The minimum atomic E-state index is -0.525. The number of aryl methyl sites for hydroxylation is 1. The minimum absolute atomic E-state index is 0.00966. The number of halogens is 1. The molecule has 4 rings (SSSR count). The minimum Gasteiger partial charge on any atom is -0.353 e. The Hall–Kier alpha value is -3.86. The van der Waals surface area contributed by atoms with Gasteiger partial charge in [0.25, 0.3) is 11.1 Å². The van der Waals surface area contributed by atoms with Gasteiger partial charge in [-0.15, -0.1) is 10.2 Å². The van der Waals surface area contributed by atoms with Crippen molar-refractivity contribution in [1.29, 1.82) is 0 Å². The van der Waals surface area contributed by atoms with E-state index in [4.69, 9.17) is 0 Å². The number of thioether (sulfide) groups is 1. The quantitative estimate of drug-likeness (QED) is 0.533. The van der Waals surface area contributed by atoms with Crippen LogP contribution in [0.5, 0.6) is 0 Å². The van der Waals surface area contributed by atoms with Crippen LogP contribution in [-0.4, -0.2) is 55.3 Å². The molecule has 2 aromatic carbocycles. The second-order valence-corrected chi connectivity index (χ2v) is 8.16. The van der Waals surface area contributed by atoms with Crippen LogP contribution < -0.4 is 5.32 Å². The molecule has 0 radical (unpaired) electrons. The second-order valence-electron chi connectivity index (χ2n) is 7.16. The molecule has 0 unspecified atom stereocenters. The average molecular weight is 466 g/mol. The normalized spacial score (nSPS) is 14.8. The number of carbonyl (C=O) groups excluding carboxylic acids is 3. The first-order valence-corrected chi connectivity index (χ1v) is 10.8. The first-order valence-electron chi connectivity index (χ1n) is 10.0. The number of amides is 3. The van der Waals surface area contributed by atoms with Gasteiger partial charge in [0.2, 0.25) is 11.7 Å². The molecule has 3 aromatic rings. The van der Waals surface area contributed by atoms with Crippen molar-refractivity contribution >= 4 is 34.9 Å². The van der Waals surface area contributed by atoms with Crippen molar-refractivity contribution in [3.8, 4) is 11.4 Å². The number of rotatable bonds is 7. The summed E-state index contributed by atoms with van der Waals surface area (Å²) in [6.45, 7) is 1.82. The SMILES string of the molecule is Cc1ccccc1-c1nnn(CC(=O)NCCN2C(=O)S/C(=C\c3ccccc3F)C2=O)n1. The summed E-state index contributed by atoms with van der Waals surface area (Å²) >= 11 is 0.735. The van der Waals surface area contributed by atoms with Crippen molar-refractivity contribution in [3.63, 3.8) is 0 Å². The predicted molar refractivity (Wildman–Crippen MR) is 120 cm³/mol. The number of tetrazole rings is 1. The van der Waals surface area contributed by atoms with Crippen LogP contribution in [0.1, 0.15) is 11.1 Å². The summed E-state index contributed by atoms with van der Waals surface area (Å²) in [5, 5.41) is 14.3. The molecule has 1 aliphatic rings. The number of nitrogens with one attached hydrogen (secondary N) is 1. The molecule has 2 heterocycles. The molecule has 1 aromatic heterocycles. The maximum Gasteiger partial charge on any atom is 0.293 e. The number of hydrogen-bond donors (Lipinski definition) is 1. The molecule has 1 N–H and O–H groups in total. The summed E-state index contributed by atoms with van der Waals surface area (Å²) in [6, 6.07) is 13.6. The zero-order chi connectivity index (χ0) is 23.4. The molecule has 0 saturated carbocycles. The standard InChI is InChI=1S/C22H19FN6O3S/c1-14-6-2-4-8-16(14)20-25-27-29(26-20)13-19(30)24-10-11-28-21(31)18(33-22(28)32)12-15-7-3-5-9-17(15)23/h2-9,12H,10-11,13H2,1H3,(H,24,30)/b18-12-. The van der Waals surface area contributed by atoms with Crippen LogP contribution in [0.2, 0.25) is 0 Å². The number of benzene rings is 2. The van der Waals surface area contributed by atoms with Gasteiger partial charge in [-0.2, -0.15) is 4.80 Å². The fourth-order valence-corrected chi connectivity index (χ4v) is 4.02. The van der Waals surface area contributed by atoms with Crippen molar-refractivity contribution in [2.24, 2.45) is 0 Å². The Bertz CT molecular complexity index is 1260. The van der Waals surface area contributed by atoms with Crippen LogP contribution in [-0.2, 0) is 16.1 Å². The topological polar surface area (TPSA) is 110 Å². The molecule has 0 bridgehead atoms. The van der Waals surface area contributed by atoms with Crippen molar-refractivity contribution < 1.29 is 18.8 Å². The van der Waals surface area contributed by atoms with Gasteiger partial charge in [0, 0.05) is 24.2 Å². The van der Waals surface area contributed by atoms with Gasteiger partial charge in [-0.25, -0.2) is 4.39 Å². The van der Waals surface area contributed by atoms with Crippen LogP contribution in [0.3, 0.4) is 0 Å². The monoisotopic (exact) mass is 466 g/mol. The Labute approximate surface area is 192 Å². The Morgan fingerprint density at radius 3 is 2.70 bits per heavy atom. The Kier molecular flexibility index (Phi) is 6.59. The number of nitrogens with zero attached hydrogens (tertiary/aromatic N) is 5. The molecule has 1 saturated heterocycles. The lowest BCUT2D eigenvalue weighted by molar-refractivity contribution is -0.124. The third-order valence-electron chi connectivity index (χ3n) is 4.85. The molecular weight excluding hydrogens is 447 g/mol. The van der Waals surface area contributed by atoms with Crippen molar-refractivity contribution in [2.75, 3.05) is 13.1 Å². The highest BCUT2D eigenvalue weighted by Crippen LogP contribution is 2.32. The largest absolute Gasteiger partial charge is 0.353 e. The molecule has 1 aliphatic heterocycles. The maximum absolute atomic E-state index is 13.8. The first-order chi connectivity index (χ1) is 15.9. The highest BCUT2D eigenvalue weighted by Gasteiger charge is 2.34. The summed E-state index contributed by atoms with van der Waals surface area (Å²) in [6.07, 6.45) is 1.35. The fourth-order valence-electron chi connectivity index (χ4n) is 3.16. The van der Waals surface area contributed by atoms with Crippen molar-refractivity contribution in [2.45, 2.75) is 13.5 Å². The summed E-state index contributed by atoms with van der Waals surface area (Å²) in [5.74, 6) is -0.981. The van der Waals surface area contributed by atoms with Gasteiger partial charge < -0.3 is 5.32 Å². The lowest BCUT2D eigenvalue weighted by atomic mass is 10.1. The third kappa shape index (κ3) is 5.14. The number of aromatic nitrogens is 4. The van der Waals surface area contributed by atoms with Crippen LogP contribution >= 0.6 is 11.8 Å². The molecule has 0 atom stereocenters. The zero-order valence-corrected chi connectivity index (χ0v) is 18.4. The smallest absolute Gasteiger partial charge is 0.293 e. The van der Waals surface area contributed by atoms with Gasteiger partial charge in [0.1, 0.15) is 12.4 Å². The van der Waals surface area contributed by atoms with E-state index in [0.717, 1.165) is 27.8 Å². The fraction of sp³-hybridized carbons (Fsp3) is 0.182. The van der Waals surface area contributed by atoms with E-state index in [-0.39, 0.29) is 30.1 Å². The summed E-state index contributed by atoms with van der Waals surface area (Å²) in [5.41, 5.74) is 2.04. The number of carbonyl (C=O) groups is 3. The van der Waals surface area contributed by atoms with E-state index in [2.05, 4.69) is 20.7 Å². The number of hydrogen-bond acceptors (Lipinski definition) is 7. The van der Waals surface area contributed by atoms with Crippen LogP contribution in [0.15, 0.2) is 53.4 Å². The lowest BCUT2D eigenvalue weighted by Gasteiger charge is -2.12. The molecule has 33 heavy (non-hydrogen) atoms. The second kappa shape index (κ2) is 9.74. The van der Waals surface area contributed by atoms with Crippen molar-refractivity contribution in [3.05, 3.63) is 70.4 Å². The highest BCUT2D eigenvalue weighted by molar-refractivity contribution is 8.18. The Morgan fingerprint density at radius 1 is 1.15 bits per heavy atom. The van der Waals surface area contributed by atoms with Crippen molar-refractivity contribution in [1.82, 2.24) is 30.4 Å². The Morgan fingerprint density at radius 2 is 1.91 bits per heavy atom.